The Bertz CT molecular complexity index is 2230. The molecule has 0 saturated carbocycles. The second-order valence-corrected chi connectivity index (χ2v) is 11.9. The van der Waals surface area contributed by atoms with Crippen LogP contribution in [0.2, 0.25) is 0 Å². The Morgan fingerprint density at radius 3 is 2.02 bits per heavy atom. The van der Waals surface area contributed by atoms with E-state index in [9.17, 15) is 5.26 Å². The van der Waals surface area contributed by atoms with Crippen LogP contribution in [0.5, 0.6) is 0 Å². The van der Waals surface area contributed by atoms with Gasteiger partial charge in [0.25, 0.3) is 0 Å². The van der Waals surface area contributed by atoms with E-state index in [1.54, 1.807) is 6.20 Å². The lowest BCUT2D eigenvalue weighted by molar-refractivity contribution is 0.663. The van der Waals surface area contributed by atoms with Gasteiger partial charge in [-0.25, -0.2) is 4.98 Å². The monoisotopic (exact) mass is 564 g/mol. The fourth-order valence-electron chi connectivity index (χ4n) is 6.69. The van der Waals surface area contributed by atoms with Crippen molar-refractivity contribution in [3.63, 3.8) is 0 Å². The molecule has 2 heterocycles. The van der Waals surface area contributed by atoms with E-state index in [1.807, 2.05) is 42.7 Å². The van der Waals surface area contributed by atoms with Gasteiger partial charge in [-0.05, 0) is 116 Å². The molecule has 0 amide bonds. The van der Waals surface area contributed by atoms with Crippen LogP contribution in [0.15, 0.2) is 134 Å². The maximum Gasteiger partial charge on any atom is 0.137 e. The Hall–Kier alpha value is -5.79. The minimum absolute atomic E-state index is 0.0702. The molecule has 0 radical (unpaired) electrons. The molecular formula is C40H28N4. The molecule has 8 rings (SSSR count). The van der Waals surface area contributed by atoms with Crippen molar-refractivity contribution in [2.75, 3.05) is 4.90 Å². The van der Waals surface area contributed by atoms with Crippen LogP contribution < -0.4 is 4.90 Å². The van der Waals surface area contributed by atoms with Crippen molar-refractivity contribution in [1.82, 2.24) is 9.97 Å². The van der Waals surface area contributed by atoms with E-state index in [1.165, 1.54) is 32.7 Å². The zero-order valence-corrected chi connectivity index (χ0v) is 24.5. The van der Waals surface area contributed by atoms with Gasteiger partial charge in [0.1, 0.15) is 5.82 Å². The maximum absolute atomic E-state index is 9.38. The van der Waals surface area contributed by atoms with Gasteiger partial charge in [0.2, 0.25) is 0 Å². The number of nitriles is 1. The molecule has 4 nitrogen and oxygen atoms in total. The third-order valence-corrected chi connectivity index (χ3v) is 8.99. The van der Waals surface area contributed by atoms with Gasteiger partial charge < -0.3 is 0 Å². The van der Waals surface area contributed by atoms with Crippen molar-refractivity contribution < 1.29 is 0 Å². The number of nitrogens with zero attached hydrogens (tertiary/aromatic N) is 4. The van der Waals surface area contributed by atoms with E-state index in [0.717, 1.165) is 39.4 Å². The number of pyridine rings is 2. The average Bonchev–Trinajstić information content (AvgIpc) is 3.32. The van der Waals surface area contributed by atoms with E-state index >= 15 is 0 Å². The molecule has 0 N–H and O–H groups in total. The largest absolute Gasteiger partial charge is 0.295 e. The van der Waals surface area contributed by atoms with Crippen LogP contribution in [0.3, 0.4) is 0 Å². The second-order valence-electron chi connectivity index (χ2n) is 11.9. The minimum Gasteiger partial charge on any atom is -0.295 e. The molecule has 5 aromatic carbocycles. The zero-order valence-electron chi connectivity index (χ0n) is 24.5. The van der Waals surface area contributed by atoms with Gasteiger partial charge >= 0.3 is 0 Å². The number of rotatable bonds is 5. The van der Waals surface area contributed by atoms with Crippen molar-refractivity contribution in [2.24, 2.45) is 0 Å². The molecule has 2 aromatic heterocycles. The van der Waals surface area contributed by atoms with Crippen LogP contribution in [-0.2, 0) is 5.41 Å². The smallest absolute Gasteiger partial charge is 0.137 e. The highest BCUT2D eigenvalue weighted by atomic mass is 15.2. The van der Waals surface area contributed by atoms with Gasteiger partial charge in [-0.2, -0.15) is 5.26 Å². The minimum atomic E-state index is -0.0702. The molecule has 7 aromatic rings. The van der Waals surface area contributed by atoms with Crippen LogP contribution in [0.4, 0.5) is 17.2 Å². The average molecular weight is 565 g/mol. The third-order valence-electron chi connectivity index (χ3n) is 8.99. The molecule has 0 unspecified atom stereocenters. The van der Waals surface area contributed by atoms with E-state index < -0.39 is 0 Å². The molecule has 208 valence electrons. The Labute approximate surface area is 256 Å². The van der Waals surface area contributed by atoms with E-state index in [0.29, 0.717) is 5.56 Å². The van der Waals surface area contributed by atoms with E-state index in [2.05, 4.69) is 115 Å². The summed E-state index contributed by atoms with van der Waals surface area (Å²) in [6, 6.07) is 42.3. The first-order valence-electron chi connectivity index (χ1n) is 14.8. The van der Waals surface area contributed by atoms with E-state index in [4.69, 9.17) is 4.98 Å². The van der Waals surface area contributed by atoms with E-state index in [-0.39, 0.29) is 5.41 Å². The van der Waals surface area contributed by atoms with Crippen molar-refractivity contribution in [1.29, 1.82) is 5.26 Å². The van der Waals surface area contributed by atoms with Crippen LogP contribution in [0.25, 0.3) is 43.8 Å². The number of hydrogen-bond donors (Lipinski definition) is 0. The Balaban J connectivity index is 1.20. The summed E-state index contributed by atoms with van der Waals surface area (Å²) in [6.45, 7) is 4.66. The Morgan fingerprint density at radius 1 is 0.614 bits per heavy atom. The van der Waals surface area contributed by atoms with Crippen molar-refractivity contribution in [3.8, 4) is 28.3 Å². The fourth-order valence-corrected chi connectivity index (χ4v) is 6.69. The second kappa shape index (κ2) is 9.90. The molecule has 44 heavy (non-hydrogen) atoms. The van der Waals surface area contributed by atoms with Crippen LogP contribution in [0.1, 0.15) is 30.5 Å². The first kappa shape index (κ1) is 25.9. The summed E-state index contributed by atoms with van der Waals surface area (Å²) in [5.74, 6) is 0.798. The Kier molecular flexibility index (Phi) is 5.82. The van der Waals surface area contributed by atoms with Gasteiger partial charge in [0, 0.05) is 40.9 Å². The summed E-state index contributed by atoms with van der Waals surface area (Å²) < 4.78 is 0. The molecule has 1 aliphatic rings. The van der Waals surface area contributed by atoms with Gasteiger partial charge in [-0.3, -0.25) is 9.88 Å². The van der Waals surface area contributed by atoms with Gasteiger partial charge in [-0.1, -0.05) is 62.4 Å². The number of benzene rings is 5. The molecular weight excluding hydrogens is 536 g/mol. The lowest BCUT2D eigenvalue weighted by Gasteiger charge is -2.25. The normalized spacial score (nSPS) is 12.9. The first-order chi connectivity index (χ1) is 21.5. The fraction of sp³-hybridized carbons (Fsp3) is 0.0750. The summed E-state index contributed by atoms with van der Waals surface area (Å²) in [5, 5.41) is 14.7. The third kappa shape index (κ3) is 4.06. The summed E-state index contributed by atoms with van der Waals surface area (Å²) in [4.78, 5) is 11.4. The number of anilines is 3. The van der Waals surface area contributed by atoms with Crippen molar-refractivity contribution in [3.05, 3.63) is 151 Å². The quantitative estimate of drug-likeness (QED) is 0.195. The van der Waals surface area contributed by atoms with Crippen molar-refractivity contribution in [2.45, 2.75) is 19.3 Å². The summed E-state index contributed by atoms with van der Waals surface area (Å²) in [5.41, 5.74) is 9.63. The molecule has 0 fully saturated rings. The highest BCUT2D eigenvalue weighted by Gasteiger charge is 2.34. The highest BCUT2D eigenvalue weighted by Crippen LogP contribution is 2.50. The summed E-state index contributed by atoms with van der Waals surface area (Å²) in [6.07, 6.45) is 5.62. The highest BCUT2D eigenvalue weighted by molar-refractivity contribution is 6.15. The number of aromatic nitrogens is 2. The lowest BCUT2D eigenvalue weighted by Crippen LogP contribution is -2.15. The maximum atomic E-state index is 9.38. The first-order valence-corrected chi connectivity index (χ1v) is 14.8. The van der Waals surface area contributed by atoms with Gasteiger partial charge in [-0.15, -0.1) is 0 Å². The topological polar surface area (TPSA) is 52.8 Å². The molecule has 0 spiro atoms. The summed E-state index contributed by atoms with van der Waals surface area (Å²) in [7, 11) is 0. The van der Waals surface area contributed by atoms with Crippen LogP contribution in [-0.4, -0.2) is 9.97 Å². The van der Waals surface area contributed by atoms with Gasteiger partial charge in [0.15, 0.2) is 0 Å². The van der Waals surface area contributed by atoms with Crippen LogP contribution >= 0.6 is 0 Å². The molecule has 4 heteroatoms. The Morgan fingerprint density at radius 2 is 1.32 bits per heavy atom. The lowest BCUT2D eigenvalue weighted by atomic mass is 9.81. The molecule has 0 bridgehead atoms. The zero-order chi connectivity index (χ0) is 29.8. The number of hydrogen-bond acceptors (Lipinski definition) is 4. The van der Waals surface area contributed by atoms with Gasteiger partial charge in [0.05, 0.1) is 11.6 Å². The van der Waals surface area contributed by atoms with Crippen LogP contribution in [0, 0.1) is 11.3 Å². The molecule has 0 aliphatic heterocycles. The predicted molar refractivity (Wildman–Crippen MR) is 179 cm³/mol. The standard InChI is InChI=1S/C40H28N4/c1-40(2)35-7-3-5-28-10-11-29-21-32(22-36(40)39(29)38(28)35)31-14-19-37(43-25-31)44(33-15-8-26(23-41)9-16-33)34-17-12-27(13-18-34)30-6-4-20-42-24-30/h3-22,24-25H,1-2H3. The van der Waals surface area contributed by atoms with Crippen molar-refractivity contribution >= 4 is 38.7 Å². The molecule has 0 saturated heterocycles. The molecule has 0 atom stereocenters. The summed E-state index contributed by atoms with van der Waals surface area (Å²) >= 11 is 0. The predicted octanol–water partition coefficient (Wildman–Crippen LogP) is 10.1. The molecule has 1 aliphatic carbocycles. The SMILES string of the molecule is CC1(C)c2cccc3ccc4cc(-c5ccc(N(c6ccc(C#N)cc6)c6ccc(-c7cccnc7)cc6)nc5)cc1c4c23.